The van der Waals surface area contributed by atoms with Crippen LogP contribution < -0.4 is 5.32 Å². The van der Waals surface area contributed by atoms with E-state index in [-0.39, 0.29) is 6.04 Å². The molecule has 2 aliphatic rings. The fraction of sp³-hybridized carbons (Fsp3) is 1.00. The van der Waals surface area contributed by atoms with Crippen LogP contribution in [0.5, 0.6) is 0 Å². The molecule has 2 heterocycles. The molecule has 2 aliphatic heterocycles. The Morgan fingerprint density at radius 2 is 1.95 bits per heavy atom. The Morgan fingerprint density at radius 3 is 2.53 bits per heavy atom. The van der Waals surface area contributed by atoms with Crippen molar-refractivity contribution in [3.63, 3.8) is 0 Å². The maximum Gasteiger partial charge on any atom is 0.151 e. The van der Waals surface area contributed by atoms with Crippen LogP contribution >= 0.6 is 0 Å². The topological polar surface area (TPSA) is 52.6 Å². The quantitative estimate of drug-likeness (QED) is 0.759. The van der Waals surface area contributed by atoms with Crippen LogP contribution in [-0.4, -0.2) is 82.1 Å². The fourth-order valence-corrected chi connectivity index (χ4v) is 4.73. The molecule has 2 rings (SSSR count). The molecule has 0 saturated carbocycles. The summed E-state index contributed by atoms with van der Waals surface area (Å²) in [6.45, 7) is 4.26. The van der Waals surface area contributed by atoms with Gasteiger partial charge in [0.25, 0.3) is 0 Å². The summed E-state index contributed by atoms with van der Waals surface area (Å²) < 4.78 is 22.7. The first-order valence-corrected chi connectivity index (χ1v) is 9.11. The van der Waals surface area contributed by atoms with Crippen molar-refractivity contribution < 1.29 is 8.42 Å². The minimum absolute atomic E-state index is 0.177. The molecule has 5 nitrogen and oxygen atoms in total. The Labute approximate surface area is 117 Å². The van der Waals surface area contributed by atoms with E-state index in [2.05, 4.69) is 29.2 Å². The molecule has 0 amide bonds. The Balaban J connectivity index is 1.63. The second kappa shape index (κ2) is 6.52. The van der Waals surface area contributed by atoms with Gasteiger partial charge in [0.05, 0.1) is 11.5 Å². The highest BCUT2D eigenvalue weighted by Crippen LogP contribution is 2.14. The zero-order chi connectivity index (χ0) is 13.9. The smallest absolute Gasteiger partial charge is 0.151 e. The zero-order valence-electron chi connectivity index (χ0n) is 12.1. The van der Waals surface area contributed by atoms with Crippen molar-refractivity contribution in [1.29, 1.82) is 0 Å². The largest absolute Gasteiger partial charge is 0.312 e. The van der Waals surface area contributed by atoms with Gasteiger partial charge in [0.2, 0.25) is 0 Å². The lowest BCUT2D eigenvalue weighted by Crippen LogP contribution is -2.45. The summed E-state index contributed by atoms with van der Waals surface area (Å²) in [6, 6.07) is 0.862. The Kier molecular flexibility index (Phi) is 5.22. The van der Waals surface area contributed by atoms with Gasteiger partial charge >= 0.3 is 0 Å². The van der Waals surface area contributed by atoms with Crippen LogP contribution in [0.1, 0.15) is 19.3 Å². The van der Waals surface area contributed by atoms with Crippen LogP contribution in [0.4, 0.5) is 0 Å². The van der Waals surface area contributed by atoms with E-state index in [0.717, 1.165) is 19.5 Å². The molecule has 0 bridgehead atoms. The molecule has 1 atom stereocenters. The van der Waals surface area contributed by atoms with Crippen LogP contribution in [0.25, 0.3) is 0 Å². The highest BCUT2D eigenvalue weighted by molar-refractivity contribution is 7.91. The van der Waals surface area contributed by atoms with E-state index >= 15 is 0 Å². The molecule has 0 spiro atoms. The van der Waals surface area contributed by atoms with Gasteiger partial charge in [-0.25, -0.2) is 8.42 Å². The van der Waals surface area contributed by atoms with Crippen molar-refractivity contribution in [3.05, 3.63) is 0 Å². The van der Waals surface area contributed by atoms with Crippen molar-refractivity contribution in [2.75, 3.05) is 51.8 Å². The van der Waals surface area contributed by atoms with Crippen molar-refractivity contribution in [3.8, 4) is 0 Å². The molecule has 0 aliphatic carbocycles. The Morgan fingerprint density at radius 1 is 1.26 bits per heavy atom. The molecule has 2 saturated heterocycles. The third-order valence-electron chi connectivity index (χ3n) is 4.44. The molecular formula is C13H27N3O2S. The van der Waals surface area contributed by atoms with Crippen molar-refractivity contribution in [2.45, 2.75) is 31.3 Å². The first-order valence-electron chi connectivity index (χ1n) is 7.29. The van der Waals surface area contributed by atoms with Crippen LogP contribution in [0.2, 0.25) is 0 Å². The Hall–Kier alpha value is -0.170. The van der Waals surface area contributed by atoms with E-state index < -0.39 is 9.84 Å². The number of sulfone groups is 1. The zero-order valence-corrected chi connectivity index (χ0v) is 13.0. The molecular weight excluding hydrogens is 262 g/mol. The molecule has 112 valence electrons. The molecule has 19 heavy (non-hydrogen) atoms. The molecule has 0 aromatic rings. The number of nitrogens with zero attached hydrogens (tertiary/aromatic N) is 2. The second-order valence-electron chi connectivity index (χ2n) is 6.07. The fourth-order valence-electron chi connectivity index (χ4n) is 3.02. The van der Waals surface area contributed by atoms with E-state index in [1.54, 1.807) is 0 Å². The van der Waals surface area contributed by atoms with E-state index in [1.165, 1.54) is 25.9 Å². The summed E-state index contributed by atoms with van der Waals surface area (Å²) in [6.07, 6.45) is 3.26. The third-order valence-corrected chi connectivity index (χ3v) is 6.21. The van der Waals surface area contributed by atoms with Crippen molar-refractivity contribution in [1.82, 2.24) is 15.1 Å². The van der Waals surface area contributed by atoms with Gasteiger partial charge in [0.1, 0.15) is 0 Å². The van der Waals surface area contributed by atoms with Crippen LogP contribution in [0.15, 0.2) is 0 Å². The second-order valence-corrected chi connectivity index (χ2v) is 8.30. The lowest BCUT2D eigenvalue weighted by atomic mass is 10.0. The van der Waals surface area contributed by atoms with E-state index in [9.17, 15) is 8.42 Å². The normalized spacial score (nSPS) is 29.1. The number of hydrogen-bond donors (Lipinski definition) is 1. The van der Waals surface area contributed by atoms with Crippen LogP contribution in [-0.2, 0) is 9.84 Å². The predicted octanol–water partition coefficient (Wildman–Crippen LogP) is -0.211. The van der Waals surface area contributed by atoms with Gasteiger partial charge in [-0.2, -0.15) is 0 Å². The summed E-state index contributed by atoms with van der Waals surface area (Å²) in [5.41, 5.74) is 0. The summed E-state index contributed by atoms with van der Waals surface area (Å²) in [7, 11) is 1.61. The van der Waals surface area contributed by atoms with Gasteiger partial charge < -0.3 is 15.1 Å². The molecule has 0 radical (unpaired) electrons. The van der Waals surface area contributed by atoms with Gasteiger partial charge in [-0.3, -0.25) is 0 Å². The number of rotatable bonds is 5. The highest BCUT2D eigenvalue weighted by atomic mass is 32.2. The molecule has 1 N–H and O–H groups in total. The average molecular weight is 289 g/mol. The van der Waals surface area contributed by atoms with Crippen LogP contribution in [0.3, 0.4) is 0 Å². The first-order chi connectivity index (χ1) is 8.96. The summed E-state index contributed by atoms with van der Waals surface area (Å²) in [4.78, 5) is 4.80. The molecule has 1 unspecified atom stereocenters. The van der Waals surface area contributed by atoms with E-state index in [4.69, 9.17) is 0 Å². The van der Waals surface area contributed by atoms with Crippen LogP contribution in [0, 0.1) is 0 Å². The first kappa shape index (κ1) is 15.2. The van der Waals surface area contributed by atoms with Gasteiger partial charge in [-0.15, -0.1) is 0 Å². The predicted molar refractivity (Wildman–Crippen MR) is 78.2 cm³/mol. The highest BCUT2D eigenvalue weighted by Gasteiger charge is 2.27. The van der Waals surface area contributed by atoms with E-state index in [1.807, 2.05) is 0 Å². The average Bonchev–Trinajstić information content (AvgIpc) is 2.69. The Bertz CT molecular complexity index is 377. The molecule has 0 aromatic carbocycles. The lowest BCUT2D eigenvalue weighted by molar-refractivity contribution is 0.144. The van der Waals surface area contributed by atoms with Gasteiger partial charge in [0.15, 0.2) is 9.84 Å². The van der Waals surface area contributed by atoms with Crippen molar-refractivity contribution in [2.24, 2.45) is 0 Å². The number of likely N-dealkylation sites (tertiary alicyclic amines) is 1. The minimum atomic E-state index is -2.75. The summed E-state index contributed by atoms with van der Waals surface area (Å²) in [5, 5.41) is 3.38. The monoisotopic (exact) mass is 289 g/mol. The van der Waals surface area contributed by atoms with Gasteiger partial charge in [0, 0.05) is 25.2 Å². The number of piperidine rings is 1. The maximum atomic E-state index is 11.4. The minimum Gasteiger partial charge on any atom is -0.312 e. The summed E-state index contributed by atoms with van der Waals surface area (Å²) in [5.74, 6) is 0.681. The van der Waals surface area contributed by atoms with Gasteiger partial charge in [-0.05, 0) is 46.4 Å². The van der Waals surface area contributed by atoms with Gasteiger partial charge in [-0.1, -0.05) is 0 Å². The number of hydrogen-bond acceptors (Lipinski definition) is 5. The third kappa shape index (κ3) is 4.70. The standard InChI is InChI=1S/C13H27N3O2S/c1-15-7-3-13(4-8-15)16(2)9-6-14-12-5-10-19(17,18)11-12/h12-14H,3-11H2,1-2H3. The lowest BCUT2D eigenvalue weighted by Gasteiger charge is -2.35. The maximum absolute atomic E-state index is 11.4. The molecule has 2 fully saturated rings. The SMILES string of the molecule is CN1CCC(N(C)CCNC2CCS(=O)(=O)C2)CC1. The number of nitrogens with one attached hydrogen (secondary N) is 1. The van der Waals surface area contributed by atoms with Crippen molar-refractivity contribution >= 4 is 9.84 Å². The molecule has 6 heteroatoms. The number of likely N-dealkylation sites (N-methyl/N-ethyl adjacent to an activating group) is 1. The molecule has 0 aromatic heterocycles. The van der Waals surface area contributed by atoms with E-state index in [0.29, 0.717) is 17.5 Å². The summed E-state index contributed by atoms with van der Waals surface area (Å²) >= 11 is 0.